The van der Waals surface area contributed by atoms with Crippen LogP contribution in [0.25, 0.3) is 11.0 Å². The highest BCUT2D eigenvalue weighted by Crippen LogP contribution is 2.28. The van der Waals surface area contributed by atoms with Crippen LogP contribution in [0.2, 0.25) is 0 Å². The second kappa shape index (κ2) is 6.37. The number of hydrogen-bond donors (Lipinski definition) is 1. The zero-order chi connectivity index (χ0) is 16.5. The number of para-hydroxylation sites is 1. The fraction of sp³-hybridized carbons (Fsp3) is 0.444. The molecule has 0 radical (unpaired) electrons. The molecule has 1 aliphatic rings. The normalized spacial score (nSPS) is 19.2. The van der Waals surface area contributed by atoms with Crippen LogP contribution in [0, 0.1) is 0 Å². The zero-order valence-electron chi connectivity index (χ0n) is 13.9. The standard InChI is InChI=1S/C18H22N4O2/c1-21-17(12-23)19-20-18(21)14-6-4-8-22(10-14)11-15-9-13-5-2-3-7-16(13)24-15/h2-3,5,7,9,14,23H,4,6,8,10-12H2,1H3/t14-/m1/s1. The van der Waals surface area contributed by atoms with Crippen LogP contribution in [-0.4, -0.2) is 37.9 Å². The summed E-state index contributed by atoms with van der Waals surface area (Å²) in [5, 5.41) is 18.8. The number of aliphatic hydroxyl groups excluding tert-OH is 1. The summed E-state index contributed by atoms with van der Waals surface area (Å²) < 4.78 is 7.88. The van der Waals surface area contributed by atoms with Gasteiger partial charge < -0.3 is 14.1 Å². The maximum atomic E-state index is 9.30. The van der Waals surface area contributed by atoms with Crippen LogP contribution < -0.4 is 0 Å². The summed E-state index contributed by atoms with van der Waals surface area (Å²) in [4.78, 5) is 2.42. The lowest BCUT2D eigenvalue weighted by Gasteiger charge is -2.31. The van der Waals surface area contributed by atoms with Gasteiger partial charge >= 0.3 is 0 Å². The van der Waals surface area contributed by atoms with Gasteiger partial charge in [0.05, 0.1) is 6.54 Å². The lowest BCUT2D eigenvalue weighted by molar-refractivity contribution is 0.183. The second-order valence-corrected chi connectivity index (χ2v) is 6.52. The van der Waals surface area contributed by atoms with Gasteiger partial charge in [0.15, 0.2) is 5.82 Å². The molecule has 1 saturated heterocycles. The first-order valence-electron chi connectivity index (χ1n) is 8.43. The first-order valence-corrected chi connectivity index (χ1v) is 8.43. The Morgan fingerprint density at radius 2 is 2.17 bits per heavy atom. The summed E-state index contributed by atoms with van der Waals surface area (Å²) >= 11 is 0. The number of piperidine rings is 1. The number of hydrogen-bond acceptors (Lipinski definition) is 5. The molecule has 0 unspecified atom stereocenters. The van der Waals surface area contributed by atoms with Crippen LogP contribution in [-0.2, 0) is 20.2 Å². The largest absolute Gasteiger partial charge is 0.460 e. The number of aromatic nitrogens is 3. The van der Waals surface area contributed by atoms with E-state index in [9.17, 15) is 5.11 Å². The molecule has 1 atom stereocenters. The third kappa shape index (κ3) is 2.83. The molecular weight excluding hydrogens is 304 g/mol. The third-order valence-corrected chi connectivity index (χ3v) is 4.87. The predicted molar refractivity (Wildman–Crippen MR) is 90.4 cm³/mol. The van der Waals surface area contributed by atoms with Gasteiger partial charge in [0.2, 0.25) is 0 Å². The van der Waals surface area contributed by atoms with Crippen molar-refractivity contribution in [2.45, 2.75) is 31.9 Å². The van der Waals surface area contributed by atoms with Crippen LogP contribution in [0.1, 0.15) is 36.2 Å². The number of nitrogens with zero attached hydrogens (tertiary/aromatic N) is 4. The van der Waals surface area contributed by atoms with Crippen molar-refractivity contribution in [3.05, 3.63) is 47.7 Å². The molecular formula is C18H22N4O2. The number of benzene rings is 1. The maximum Gasteiger partial charge on any atom is 0.158 e. The molecule has 3 heterocycles. The van der Waals surface area contributed by atoms with Crippen molar-refractivity contribution in [1.29, 1.82) is 0 Å². The second-order valence-electron chi connectivity index (χ2n) is 6.52. The Hall–Kier alpha value is -2.18. The minimum atomic E-state index is -0.0705. The fourth-order valence-corrected chi connectivity index (χ4v) is 3.61. The molecule has 0 bridgehead atoms. The molecule has 1 aromatic carbocycles. The Kier molecular flexibility index (Phi) is 4.08. The molecule has 0 amide bonds. The van der Waals surface area contributed by atoms with Gasteiger partial charge in [-0.3, -0.25) is 4.90 Å². The predicted octanol–water partition coefficient (Wildman–Crippen LogP) is 2.43. The van der Waals surface area contributed by atoms with Crippen molar-refractivity contribution in [3.8, 4) is 0 Å². The van der Waals surface area contributed by atoms with Crippen LogP contribution in [0.4, 0.5) is 0 Å². The van der Waals surface area contributed by atoms with E-state index >= 15 is 0 Å². The first kappa shape index (κ1) is 15.4. The molecule has 6 heteroatoms. The van der Waals surface area contributed by atoms with Gasteiger partial charge in [-0.1, -0.05) is 18.2 Å². The van der Waals surface area contributed by atoms with Gasteiger partial charge in [-0.25, -0.2) is 0 Å². The molecule has 6 nitrogen and oxygen atoms in total. The smallest absolute Gasteiger partial charge is 0.158 e. The minimum Gasteiger partial charge on any atom is -0.460 e. The highest BCUT2D eigenvalue weighted by atomic mass is 16.3. The van der Waals surface area contributed by atoms with Gasteiger partial charge in [0, 0.05) is 24.9 Å². The van der Waals surface area contributed by atoms with Crippen molar-refractivity contribution < 1.29 is 9.52 Å². The highest BCUT2D eigenvalue weighted by molar-refractivity contribution is 5.77. The third-order valence-electron chi connectivity index (χ3n) is 4.87. The lowest BCUT2D eigenvalue weighted by Crippen LogP contribution is -2.34. The van der Waals surface area contributed by atoms with Crippen molar-refractivity contribution in [1.82, 2.24) is 19.7 Å². The van der Waals surface area contributed by atoms with E-state index < -0.39 is 0 Å². The first-order chi connectivity index (χ1) is 11.7. The maximum absolute atomic E-state index is 9.30. The molecule has 1 aliphatic heterocycles. The van der Waals surface area contributed by atoms with E-state index in [0.29, 0.717) is 11.7 Å². The molecule has 1 N–H and O–H groups in total. The van der Waals surface area contributed by atoms with Crippen LogP contribution in [0.5, 0.6) is 0 Å². The molecule has 4 rings (SSSR count). The van der Waals surface area contributed by atoms with Gasteiger partial charge in [0.1, 0.15) is 23.8 Å². The van der Waals surface area contributed by atoms with E-state index in [4.69, 9.17) is 4.42 Å². The SMILES string of the molecule is Cn1c(CO)nnc1[C@@H]1CCCN(Cc2cc3ccccc3o2)C1. The summed E-state index contributed by atoms with van der Waals surface area (Å²) in [6.07, 6.45) is 2.24. The summed E-state index contributed by atoms with van der Waals surface area (Å²) in [5.74, 6) is 2.94. The van der Waals surface area contributed by atoms with Gasteiger partial charge in [0.25, 0.3) is 0 Å². The quantitative estimate of drug-likeness (QED) is 0.797. The van der Waals surface area contributed by atoms with Crippen molar-refractivity contribution in [3.63, 3.8) is 0 Å². The monoisotopic (exact) mass is 326 g/mol. The Balaban J connectivity index is 1.49. The number of likely N-dealkylation sites (tertiary alicyclic amines) is 1. The average molecular weight is 326 g/mol. The molecule has 2 aromatic heterocycles. The summed E-state index contributed by atoms with van der Waals surface area (Å²) in [6, 6.07) is 10.3. The summed E-state index contributed by atoms with van der Waals surface area (Å²) in [6.45, 7) is 2.75. The fourth-order valence-electron chi connectivity index (χ4n) is 3.61. The number of fused-ring (bicyclic) bond motifs is 1. The van der Waals surface area contributed by atoms with Crippen LogP contribution >= 0.6 is 0 Å². The molecule has 24 heavy (non-hydrogen) atoms. The van der Waals surface area contributed by atoms with E-state index in [0.717, 1.165) is 55.0 Å². The lowest BCUT2D eigenvalue weighted by atomic mass is 9.97. The Bertz CT molecular complexity index is 806. The molecule has 126 valence electrons. The van der Waals surface area contributed by atoms with E-state index in [1.54, 1.807) is 0 Å². The Morgan fingerprint density at radius 3 is 2.96 bits per heavy atom. The molecule has 0 aliphatic carbocycles. The Labute approximate surface area is 140 Å². The average Bonchev–Trinajstić information content (AvgIpc) is 3.17. The number of rotatable bonds is 4. The highest BCUT2D eigenvalue weighted by Gasteiger charge is 2.26. The van der Waals surface area contributed by atoms with E-state index in [-0.39, 0.29) is 6.61 Å². The summed E-state index contributed by atoms with van der Waals surface area (Å²) in [7, 11) is 1.93. The van der Waals surface area contributed by atoms with Crippen LogP contribution in [0.3, 0.4) is 0 Å². The number of aliphatic hydroxyl groups is 1. The van der Waals surface area contributed by atoms with E-state index in [1.165, 1.54) is 0 Å². The van der Waals surface area contributed by atoms with Crippen molar-refractivity contribution >= 4 is 11.0 Å². The molecule has 3 aromatic rings. The van der Waals surface area contributed by atoms with Crippen molar-refractivity contribution in [2.24, 2.45) is 7.05 Å². The van der Waals surface area contributed by atoms with Gasteiger partial charge in [-0.05, 0) is 31.5 Å². The number of furan rings is 1. The van der Waals surface area contributed by atoms with Crippen LogP contribution in [0.15, 0.2) is 34.7 Å². The van der Waals surface area contributed by atoms with Gasteiger partial charge in [-0.15, -0.1) is 10.2 Å². The zero-order valence-corrected chi connectivity index (χ0v) is 13.9. The van der Waals surface area contributed by atoms with E-state index in [1.807, 2.05) is 29.8 Å². The molecule has 0 spiro atoms. The topological polar surface area (TPSA) is 67.3 Å². The Morgan fingerprint density at radius 1 is 1.29 bits per heavy atom. The van der Waals surface area contributed by atoms with Crippen molar-refractivity contribution in [2.75, 3.05) is 13.1 Å². The summed E-state index contributed by atoms with van der Waals surface area (Å²) in [5.41, 5.74) is 0.946. The van der Waals surface area contributed by atoms with Gasteiger partial charge in [-0.2, -0.15) is 0 Å². The molecule has 1 fully saturated rings. The molecule has 0 saturated carbocycles. The van der Waals surface area contributed by atoms with E-state index in [2.05, 4.69) is 27.2 Å². The minimum absolute atomic E-state index is 0.0705.